The van der Waals surface area contributed by atoms with Gasteiger partial charge in [0, 0.05) is 17.6 Å². The highest BCUT2D eigenvalue weighted by atomic mass is 32.1. The lowest BCUT2D eigenvalue weighted by atomic mass is 10.2. The first-order chi connectivity index (χ1) is 8.72. The first kappa shape index (κ1) is 12.0. The molecule has 18 heavy (non-hydrogen) atoms. The van der Waals surface area contributed by atoms with Gasteiger partial charge < -0.3 is 10.6 Å². The Hall–Kier alpha value is -1.10. The summed E-state index contributed by atoms with van der Waals surface area (Å²) < 4.78 is 0. The number of carbonyl (C=O) groups excluding carboxylic acids is 1. The van der Waals surface area contributed by atoms with Gasteiger partial charge >= 0.3 is 6.03 Å². The SMILES string of the molecule is Cc1csc(C(NC(=O)NCC2CC2)C2CC2)n1. The molecule has 2 saturated carbocycles. The van der Waals surface area contributed by atoms with E-state index < -0.39 is 0 Å². The van der Waals surface area contributed by atoms with Crippen molar-refractivity contribution in [3.63, 3.8) is 0 Å². The van der Waals surface area contributed by atoms with Gasteiger partial charge in [0.1, 0.15) is 5.01 Å². The van der Waals surface area contributed by atoms with Crippen molar-refractivity contribution in [2.45, 2.75) is 38.6 Å². The second-order valence-electron chi connectivity index (χ2n) is 5.44. The highest BCUT2D eigenvalue weighted by Gasteiger charge is 2.35. The zero-order chi connectivity index (χ0) is 12.5. The van der Waals surface area contributed by atoms with Crippen LogP contribution >= 0.6 is 11.3 Å². The van der Waals surface area contributed by atoms with Crippen molar-refractivity contribution in [3.8, 4) is 0 Å². The van der Waals surface area contributed by atoms with Crippen LogP contribution in [0, 0.1) is 18.8 Å². The van der Waals surface area contributed by atoms with Crippen LogP contribution in [0.2, 0.25) is 0 Å². The quantitative estimate of drug-likeness (QED) is 0.860. The zero-order valence-electron chi connectivity index (χ0n) is 10.6. The molecule has 0 aromatic carbocycles. The summed E-state index contributed by atoms with van der Waals surface area (Å²) in [6.07, 6.45) is 4.93. The molecule has 0 radical (unpaired) electrons. The number of nitrogens with zero attached hydrogens (tertiary/aromatic N) is 1. The standard InChI is InChI=1S/C13H19N3OS/c1-8-7-18-12(15-8)11(10-4-5-10)16-13(17)14-6-9-2-3-9/h7,9-11H,2-6H2,1H3,(H2,14,16,17). The number of hydrogen-bond donors (Lipinski definition) is 2. The van der Waals surface area contributed by atoms with Gasteiger partial charge in [-0.15, -0.1) is 11.3 Å². The third-order valence-corrected chi connectivity index (χ3v) is 4.58. The van der Waals surface area contributed by atoms with Gasteiger partial charge in [-0.05, 0) is 44.4 Å². The van der Waals surface area contributed by atoms with E-state index in [2.05, 4.69) is 21.0 Å². The van der Waals surface area contributed by atoms with Crippen molar-refractivity contribution < 1.29 is 4.79 Å². The van der Waals surface area contributed by atoms with Crippen LogP contribution in [0.3, 0.4) is 0 Å². The highest BCUT2D eigenvalue weighted by molar-refractivity contribution is 7.09. The summed E-state index contributed by atoms with van der Waals surface area (Å²) in [5.74, 6) is 1.31. The molecule has 2 aliphatic carbocycles. The summed E-state index contributed by atoms with van der Waals surface area (Å²) in [5, 5.41) is 9.15. The smallest absolute Gasteiger partial charge is 0.315 e. The summed E-state index contributed by atoms with van der Waals surface area (Å²) in [7, 11) is 0. The molecule has 1 unspecified atom stereocenters. The Bertz CT molecular complexity index is 437. The summed E-state index contributed by atoms with van der Waals surface area (Å²) in [6, 6.07) is 0.0783. The summed E-state index contributed by atoms with van der Waals surface area (Å²) in [6.45, 7) is 2.82. The Morgan fingerprint density at radius 3 is 2.83 bits per heavy atom. The predicted molar refractivity (Wildman–Crippen MR) is 71.6 cm³/mol. The van der Waals surface area contributed by atoms with Crippen LogP contribution in [0.15, 0.2) is 5.38 Å². The Morgan fingerprint density at radius 1 is 1.50 bits per heavy atom. The van der Waals surface area contributed by atoms with Crippen LogP contribution < -0.4 is 10.6 Å². The Kier molecular flexibility index (Phi) is 3.24. The van der Waals surface area contributed by atoms with E-state index in [4.69, 9.17) is 0 Å². The molecule has 2 N–H and O–H groups in total. The Labute approximate surface area is 111 Å². The lowest BCUT2D eigenvalue weighted by Crippen LogP contribution is -2.39. The topological polar surface area (TPSA) is 54.0 Å². The Balaban J connectivity index is 1.57. The molecule has 4 nitrogen and oxygen atoms in total. The summed E-state index contributed by atoms with van der Waals surface area (Å²) >= 11 is 1.65. The second kappa shape index (κ2) is 4.88. The monoisotopic (exact) mass is 265 g/mol. The molecule has 2 fully saturated rings. The maximum Gasteiger partial charge on any atom is 0.315 e. The maximum atomic E-state index is 11.9. The molecule has 1 aromatic rings. The minimum absolute atomic E-state index is 0.0355. The largest absolute Gasteiger partial charge is 0.338 e. The van der Waals surface area contributed by atoms with Crippen LogP contribution in [0.25, 0.3) is 0 Å². The van der Waals surface area contributed by atoms with Crippen LogP contribution in [0.5, 0.6) is 0 Å². The maximum absolute atomic E-state index is 11.9. The molecule has 1 heterocycles. The molecular formula is C13H19N3OS. The van der Waals surface area contributed by atoms with E-state index in [0.29, 0.717) is 5.92 Å². The molecule has 3 rings (SSSR count). The predicted octanol–water partition coefficient (Wildman–Crippen LogP) is 2.61. The zero-order valence-corrected chi connectivity index (χ0v) is 11.4. The molecule has 2 amide bonds. The second-order valence-corrected chi connectivity index (χ2v) is 6.33. The van der Waals surface area contributed by atoms with Gasteiger partial charge in [0.15, 0.2) is 0 Å². The minimum atomic E-state index is -0.0355. The number of thiazole rings is 1. The van der Waals surface area contributed by atoms with Crippen LogP contribution in [0.4, 0.5) is 4.79 Å². The minimum Gasteiger partial charge on any atom is -0.338 e. The number of amides is 2. The third-order valence-electron chi connectivity index (χ3n) is 3.53. The number of rotatable bonds is 5. The fraction of sp³-hybridized carbons (Fsp3) is 0.692. The van der Waals surface area contributed by atoms with E-state index in [1.165, 1.54) is 25.7 Å². The molecule has 98 valence electrons. The first-order valence-electron chi connectivity index (χ1n) is 6.69. The third kappa shape index (κ3) is 3.02. The molecule has 0 saturated heterocycles. The molecule has 0 bridgehead atoms. The van der Waals surface area contributed by atoms with Crippen molar-refractivity contribution in [2.75, 3.05) is 6.54 Å². The van der Waals surface area contributed by atoms with Gasteiger partial charge in [0.25, 0.3) is 0 Å². The van der Waals surface area contributed by atoms with Crippen molar-refractivity contribution in [1.82, 2.24) is 15.6 Å². The first-order valence-corrected chi connectivity index (χ1v) is 7.56. The number of nitrogens with one attached hydrogen (secondary N) is 2. The fourth-order valence-corrected chi connectivity index (χ4v) is 3.02. The van der Waals surface area contributed by atoms with Gasteiger partial charge in [0.05, 0.1) is 6.04 Å². The van der Waals surface area contributed by atoms with Crippen LogP contribution in [-0.4, -0.2) is 17.6 Å². The molecule has 0 aliphatic heterocycles. The van der Waals surface area contributed by atoms with Gasteiger partial charge in [-0.2, -0.15) is 0 Å². The number of aromatic nitrogens is 1. The number of hydrogen-bond acceptors (Lipinski definition) is 3. The average Bonchev–Trinajstić information content (AvgIpc) is 3.23. The van der Waals surface area contributed by atoms with E-state index in [-0.39, 0.29) is 12.1 Å². The lowest BCUT2D eigenvalue weighted by Gasteiger charge is -2.16. The van der Waals surface area contributed by atoms with Crippen LogP contribution in [0.1, 0.15) is 42.4 Å². The van der Waals surface area contributed by atoms with Gasteiger partial charge in [-0.3, -0.25) is 0 Å². The molecule has 1 aromatic heterocycles. The molecule has 2 aliphatic rings. The average molecular weight is 265 g/mol. The number of carbonyl (C=O) groups is 1. The van der Waals surface area contributed by atoms with Crippen molar-refractivity contribution >= 4 is 17.4 Å². The van der Waals surface area contributed by atoms with E-state index in [9.17, 15) is 4.79 Å². The summed E-state index contributed by atoms with van der Waals surface area (Å²) in [4.78, 5) is 16.4. The van der Waals surface area contributed by atoms with Crippen LogP contribution in [-0.2, 0) is 0 Å². The highest BCUT2D eigenvalue weighted by Crippen LogP contribution is 2.41. The lowest BCUT2D eigenvalue weighted by molar-refractivity contribution is 0.235. The number of aryl methyl sites for hydroxylation is 1. The summed E-state index contributed by atoms with van der Waals surface area (Å²) in [5.41, 5.74) is 1.04. The Morgan fingerprint density at radius 2 is 2.28 bits per heavy atom. The molecule has 0 spiro atoms. The van der Waals surface area contributed by atoms with Gasteiger partial charge in [-0.25, -0.2) is 9.78 Å². The number of urea groups is 1. The molecule has 5 heteroatoms. The molecular weight excluding hydrogens is 246 g/mol. The van der Waals surface area contributed by atoms with E-state index in [0.717, 1.165) is 23.2 Å². The van der Waals surface area contributed by atoms with Gasteiger partial charge in [0.2, 0.25) is 0 Å². The van der Waals surface area contributed by atoms with Crippen molar-refractivity contribution in [2.24, 2.45) is 11.8 Å². The van der Waals surface area contributed by atoms with Crippen molar-refractivity contribution in [3.05, 3.63) is 16.1 Å². The molecule has 1 atom stereocenters. The fourth-order valence-electron chi connectivity index (χ4n) is 2.08. The van der Waals surface area contributed by atoms with E-state index in [1.807, 2.05) is 6.92 Å². The van der Waals surface area contributed by atoms with E-state index >= 15 is 0 Å². The van der Waals surface area contributed by atoms with E-state index in [1.54, 1.807) is 11.3 Å². The van der Waals surface area contributed by atoms with Gasteiger partial charge in [-0.1, -0.05) is 0 Å². The normalized spacial score (nSPS) is 20.5. The van der Waals surface area contributed by atoms with Crippen molar-refractivity contribution in [1.29, 1.82) is 0 Å².